The van der Waals surface area contributed by atoms with Crippen molar-refractivity contribution in [3.05, 3.63) is 26.6 Å². The Bertz CT molecular complexity index is 765. The molecule has 2 aromatic heterocycles. The highest BCUT2D eigenvalue weighted by molar-refractivity contribution is 7.18. The molecular formula is C18H27N3O2S. The molecule has 0 fully saturated rings. The van der Waals surface area contributed by atoms with Crippen molar-refractivity contribution >= 4 is 21.6 Å². The lowest BCUT2D eigenvalue weighted by Gasteiger charge is -2.22. The van der Waals surface area contributed by atoms with E-state index < -0.39 is 0 Å². The molecule has 0 aliphatic heterocycles. The summed E-state index contributed by atoms with van der Waals surface area (Å²) in [5, 5.41) is 10.5. The number of rotatable bonds is 6. The Balaban J connectivity index is 1.91. The summed E-state index contributed by atoms with van der Waals surface area (Å²) in [7, 11) is 0. The van der Waals surface area contributed by atoms with Crippen LogP contribution in [0.2, 0.25) is 0 Å². The first-order valence-electron chi connectivity index (χ1n) is 8.91. The van der Waals surface area contributed by atoms with Gasteiger partial charge in [-0.1, -0.05) is 13.8 Å². The minimum absolute atomic E-state index is 0.00412. The third-order valence-corrected chi connectivity index (χ3v) is 5.80. The van der Waals surface area contributed by atoms with Crippen LogP contribution in [0.25, 0.3) is 10.2 Å². The number of thiophene rings is 1. The van der Waals surface area contributed by atoms with Crippen molar-refractivity contribution in [2.75, 3.05) is 13.1 Å². The number of aromatic amines is 1. The van der Waals surface area contributed by atoms with Gasteiger partial charge in [0, 0.05) is 11.4 Å². The Morgan fingerprint density at radius 1 is 1.50 bits per heavy atom. The van der Waals surface area contributed by atoms with E-state index in [9.17, 15) is 9.90 Å². The molecule has 0 radical (unpaired) electrons. The number of aryl methyl sites for hydroxylation is 1. The largest absolute Gasteiger partial charge is 0.392 e. The molecule has 2 aromatic rings. The van der Waals surface area contributed by atoms with E-state index >= 15 is 0 Å². The Hall–Kier alpha value is -1.24. The zero-order chi connectivity index (χ0) is 17.3. The topological polar surface area (TPSA) is 69.2 Å². The fourth-order valence-electron chi connectivity index (χ4n) is 3.60. The minimum Gasteiger partial charge on any atom is -0.392 e. The van der Waals surface area contributed by atoms with Gasteiger partial charge in [0.1, 0.15) is 10.7 Å². The molecule has 0 amide bonds. The van der Waals surface area contributed by atoms with Crippen molar-refractivity contribution in [1.29, 1.82) is 0 Å². The normalized spacial score (nSPS) is 19.0. The quantitative estimate of drug-likeness (QED) is 0.841. The third kappa shape index (κ3) is 3.71. The van der Waals surface area contributed by atoms with Crippen molar-refractivity contribution in [1.82, 2.24) is 14.9 Å². The zero-order valence-corrected chi connectivity index (χ0v) is 15.6. The van der Waals surface area contributed by atoms with Crippen molar-refractivity contribution in [2.24, 2.45) is 5.92 Å². The summed E-state index contributed by atoms with van der Waals surface area (Å²) in [6.45, 7) is 8.22. The van der Waals surface area contributed by atoms with Crippen LogP contribution in [0.5, 0.6) is 0 Å². The van der Waals surface area contributed by atoms with Gasteiger partial charge >= 0.3 is 0 Å². The van der Waals surface area contributed by atoms with E-state index in [1.807, 2.05) is 0 Å². The molecule has 2 N–H and O–H groups in total. The maximum absolute atomic E-state index is 12.6. The Morgan fingerprint density at radius 2 is 2.29 bits per heavy atom. The summed E-state index contributed by atoms with van der Waals surface area (Å²) >= 11 is 1.69. The predicted octanol–water partition coefficient (Wildman–Crippen LogP) is 2.70. The number of fused-ring (bicyclic) bond motifs is 3. The van der Waals surface area contributed by atoms with Gasteiger partial charge in [-0.25, -0.2) is 4.98 Å². The fraction of sp³-hybridized carbons (Fsp3) is 0.667. The summed E-state index contributed by atoms with van der Waals surface area (Å²) in [6.07, 6.45) is 3.82. The van der Waals surface area contributed by atoms with E-state index in [0.717, 1.165) is 42.4 Å². The van der Waals surface area contributed by atoms with Gasteiger partial charge in [-0.15, -0.1) is 11.3 Å². The molecule has 1 aliphatic rings. The van der Waals surface area contributed by atoms with Gasteiger partial charge in [0.15, 0.2) is 0 Å². The second-order valence-electron chi connectivity index (χ2n) is 7.13. The van der Waals surface area contributed by atoms with Crippen molar-refractivity contribution in [2.45, 2.75) is 59.1 Å². The van der Waals surface area contributed by atoms with Crippen molar-refractivity contribution in [3.63, 3.8) is 0 Å². The van der Waals surface area contributed by atoms with Gasteiger partial charge in [-0.3, -0.25) is 9.69 Å². The lowest BCUT2D eigenvalue weighted by molar-refractivity contribution is 0.121. The monoisotopic (exact) mass is 349 g/mol. The molecule has 0 bridgehead atoms. The number of aliphatic hydroxyl groups excluding tert-OH is 1. The molecule has 132 valence electrons. The first-order valence-corrected chi connectivity index (χ1v) is 9.73. The highest BCUT2D eigenvalue weighted by atomic mass is 32.1. The molecule has 1 aliphatic carbocycles. The third-order valence-electron chi connectivity index (χ3n) is 4.65. The first kappa shape index (κ1) is 17.6. The molecule has 0 unspecified atom stereocenters. The second kappa shape index (κ2) is 7.33. The van der Waals surface area contributed by atoms with Gasteiger partial charge in [-0.05, 0) is 50.6 Å². The van der Waals surface area contributed by atoms with Crippen LogP contribution in [0.4, 0.5) is 0 Å². The molecule has 2 atom stereocenters. The molecule has 0 spiro atoms. The molecule has 0 aromatic carbocycles. The zero-order valence-electron chi connectivity index (χ0n) is 14.8. The summed E-state index contributed by atoms with van der Waals surface area (Å²) < 4.78 is 0. The molecule has 0 saturated heterocycles. The van der Waals surface area contributed by atoms with Crippen LogP contribution in [0.3, 0.4) is 0 Å². The maximum Gasteiger partial charge on any atom is 0.259 e. The van der Waals surface area contributed by atoms with Crippen LogP contribution in [0.1, 0.15) is 49.9 Å². The highest BCUT2D eigenvalue weighted by Crippen LogP contribution is 2.35. The number of hydrogen-bond donors (Lipinski definition) is 2. The molecule has 24 heavy (non-hydrogen) atoms. The molecule has 2 heterocycles. The van der Waals surface area contributed by atoms with Crippen LogP contribution in [0, 0.1) is 5.92 Å². The summed E-state index contributed by atoms with van der Waals surface area (Å²) in [5.74, 6) is 1.39. The molecular weight excluding hydrogens is 322 g/mol. The standard InChI is InChI=1S/C18H27N3O2S/c1-4-7-21(9-12(3)22)10-15-19-17(23)16-13-6-5-11(2)8-14(13)24-18(16)20-15/h11-12,22H,4-10H2,1-3H3,(H,19,20,23)/t11-,12+/m0/s1. The predicted molar refractivity (Wildman–Crippen MR) is 98.7 cm³/mol. The Morgan fingerprint density at radius 3 is 3.00 bits per heavy atom. The summed E-state index contributed by atoms with van der Waals surface area (Å²) in [5.41, 5.74) is 1.22. The second-order valence-corrected chi connectivity index (χ2v) is 8.21. The average molecular weight is 350 g/mol. The molecule has 5 nitrogen and oxygen atoms in total. The lowest BCUT2D eigenvalue weighted by atomic mass is 9.89. The maximum atomic E-state index is 12.6. The first-order chi connectivity index (χ1) is 11.5. The van der Waals surface area contributed by atoms with E-state index in [2.05, 4.69) is 23.7 Å². The molecule has 3 rings (SSSR count). The van der Waals surface area contributed by atoms with Crippen molar-refractivity contribution < 1.29 is 5.11 Å². The number of aliphatic hydroxyl groups is 1. The van der Waals surface area contributed by atoms with E-state index in [1.54, 1.807) is 18.3 Å². The van der Waals surface area contributed by atoms with Gasteiger partial charge < -0.3 is 10.1 Å². The number of nitrogens with one attached hydrogen (secondary N) is 1. The minimum atomic E-state index is -0.387. The van der Waals surface area contributed by atoms with Gasteiger partial charge in [-0.2, -0.15) is 0 Å². The summed E-state index contributed by atoms with van der Waals surface area (Å²) in [6, 6.07) is 0. The van der Waals surface area contributed by atoms with Crippen LogP contribution in [-0.4, -0.2) is 39.2 Å². The number of H-pyrrole nitrogens is 1. The van der Waals surface area contributed by atoms with Crippen LogP contribution >= 0.6 is 11.3 Å². The van der Waals surface area contributed by atoms with E-state index in [4.69, 9.17) is 4.98 Å². The van der Waals surface area contributed by atoms with Gasteiger partial charge in [0.25, 0.3) is 5.56 Å². The van der Waals surface area contributed by atoms with Gasteiger partial charge in [0.05, 0.1) is 18.0 Å². The Kier molecular flexibility index (Phi) is 5.37. The van der Waals surface area contributed by atoms with Crippen LogP contribution in [-0.2, 0) is 19.4 Å². The van der Waals surface area contributed by atoms with E-state index in [1.165, 1.54) is 10.4 Å². The fourth-order valence-corrected chi connectivity index (χ4v) is 5.01. The number of hydrogen-bond acceptors (Lipinski definition) is 5. The summed E-state index contributed by atoms with van der Waals surface area (Å²) in [4.78, 5) is 24.7. The molecule has 0 saturated carbocycles. The van der Waals surface area contributed by atoms with Crippen molar-refractivity contribution in [3.8, 4) is 0 Å². The molecule has 6 heteroatoms. The van der Waals surface area contributed by atoms with E-state index in [-0.39, 0.29) is 11.7 Å². The van der Waals surface area contributed by atoms with Gasteiger partial charge in [0.2, 0.25) is 0 Å². The lowest BCUT2D eigenvalue weighted by Crippen LogP contribution is -2.32. The highest BCUT2D eigenvalue weighted by Gasteiger charge is 2.23. The van der Waals surface area contributed by atoms with Crippen LogP contribution in [0.15, 0.2) is 4.79 Å². The Labute approximate surface area is 146 Å². The average Bonchev–Trinajstić information content (AvgIpc) is 2.84. The van der Waals surface area contributed by atoms with Crippen LogP contribution < -0.4 is 5.56 Å². The number of aromatic nitrogens is 2. The van der Waals surface area contributed by atoms with E-state index in [0.29, 0.717) is 24.8 Å². The number of nitrogens with zero attached hydrogens (tertiary/aromatic N) is 2. The smallest absolute Gasteiger partial charge is 0.259 e. The SMILES string of the molecule is CCCN(Cc1nc2sc3c(c2c(=O)[nH]1)CC[C@H](C)C3)C[C@@H](C)O.